The summed E-state index contributed by atoms with van der Waals surface area (Å²) in [5.41, 5.74) is 0.994. The van der Waals surface area contributed by atoms with Crippen LogP contribution in [0.15, 0.2) is 52.0 Å². The Morgan fingerprint density at radius 1 is 1.12 bits per heavy atom. The topological polar surface area (TPSA) is 55.4 Å². The number of carbonyl (C=O) groups is 2. The van der Waals surface area contributed by atoms with E-state index in [1.165, 1.54) is 0 Å². The van der Waals surface area contributed by atoms with Crippen molar-refractivity contribution >= 4 is 46.7 Å². The fourth-order valence-corrected chi connectivity index (χ4v) is 3.10. The lowest BCUT2D eigenvalue weighted by atomic mass is 9.82. The Kier molecular flexibility index (Phi) is 8.01. The van der Waals surface area contributed by atoms with Crippen molar-refractivity contribution in [3.8, 4) is 0 Å². The third-order valence-electron chi connectivity index (χ3n) is 4.21. The van der Waals surface area contributed by atoms with E-state index in [0.29, 0.717) is 19.4 Å². The van der Waals surface area contributed by atoms with E-state index in [0.717, 1.165) is 5.56 Å². The van der Waals surface area contributed by atoms with E-state index < -0.39 is 23.9 Å². The van der Waals surface area contributed by atoms with Crippen LogP contribution in [0.1, 0.15) is 25.3 Å². The molecule has 26 heavy (non-hydrogen) atoms. The van der Waals surface area contributed by atoms with Crippen molar-refractivity contribution < 1.29 is 14.3 Å². The summed E-state index contributed by atoms with van der Waals surface area (Å²) in [4.78, 5) is 25.1. The SMILES string of the molecule is C[C@@H](OC(=O)[C@@H]1CC=CC[C@H]1C(=O)NCc1ccccc1)C(Cl)=C(Cl)Cl. The number of rotatable bonds is 6. The summed E-state index contributed by atoms with van der Waals surface area (Å²) in [6.07, 6.45) is 3.93. The largest absolute Gasteiger partial charge is 0.457 e. The van der Waals surface area contributed by atoms with Gasteiger partial charge in [-0.2, -0.15) is 0 Å². The molecule has 1 aromatic carbocycles. The lowest BCUT2D eigenvalue weighted by molar-refractivity contribution is -0.155. The number of benzene rings is 1. The minimum absolute atomic E-state index is 0.0538. The van der Waals surface area contributed by atoms with Crippen LogP contribution >= 0.6 is 34.8 Å². The van der Waals surface area contributed by atoms with Gasteiger partial charge in [0, 0.05) is 6.54 Å². The minimum Gasteiger partial charge on any atom is -0.457 e. The van der Waals surface area contributed by atoms with Gasteiger partial charge < -0.3 is 10.1 Å². The van der Waals surface area contributed by atoms with Crippen LogP contribution in [0.25, 0.3) is 0 Å². The second-order valence-corrected chi connectivity index (χ2v) is 7.40. The molecule has 0 fully saturated rings. The Hall–Kier alpha value is -1.49. The molecule has 0 spiro atoms. The number of esters is 1. The first-order valence-corrected chi connectivity index (χ1v) is 9.41. The number of allylic oxidation sites excluding steroid dienone is 2. The van der Waals surface area contributed by atoms with Crippen LogP contribution < -0.4 is 5.32 Å². The Morgan fingerprint density at radius 3 is 2.35 bits per heavy atom. The fraction of sp³-hybridized carbons (Fsp3) is 0.368. The van der Waals surface area contributed by atoms with E-state index in [2.05, 4.69) is 5.32 Å². The Bertz CT molecular complexity index is 699. The van der Waals surface area contributed by atoms with E-state index in [1.54, 1.807) is 6.92 Å². The van der Waals surface area contributed by atoms with Crippen molar-refractivity contribution in [2.75, 3.05) is 0 Å². The van der Waals surface area contributed by atoms with Crippen molar-refractivity contribution in [2.24, 2.45) is 11.8 Å². The van der Waals surface area contributed by atoms with Gasteiger partial charge in [0.1, 0.15) is 10.6 Å². The van der Waals surface area contributed by atoms with Crippen LogP contribution in [0.3, 0.4) is 0 Å². The molecular formula is C19H20Cl3NO3. The number of nitrogens with one attached hydrogen (secondary N) is 1. The normalized spacial score (nSPS) is 20.2. The molecule has 0 heterocycles. The molecule has 0 saturated heterocycles. The Labute approximate surface area is 168 Å². The highest BCUT2D eigenvalue weighted by molar-refractivity contribution is 6.59. The summed E-state index contributed by atoms with van der Waals surface area (Å²) in [7, 11) is 0. The number of ether oxygens (including phenoxy) is 1. The molecule has 0 radical (unpaired) electrons. The zero-order valence-electron chi connectivity index (χ0n) is 14.3. The third kappa shape index (κ3) is 5.76. The molecule has 1 aliphatic rings. The highest BCUT2D eigenvalue weighted by atomic mass is 35.5. The molecule has 1 aliphatic carbocycles. The van der Waals surface area contributed by atoms with Crippen LogP contribution in [0.2, 0.25) is 0 Å². The fourth-order valence-electron chi connectivity index (χ4n) is 2.75. The van der Waals surface area contributed by atoms with Crippen molar-refractivity contribution in [1.29, 1.82) is 0 Å². The van der Waals surface area contributed by atoms with Crippen LogP contribution in [-0.2, 0) is 20.9 Å². The number of amides is 1. The molecule has 4 nitrogen and oxygen atoms in total. The summed E-state index contributed by atoms with van der Waals surface area (Å²) in [6, 6.07) is 9.59. The van der Waals surface area contributed by atoms with Crippen LogP contribution in [0.5, 0.6) is 0 Å². The molecular weight excluding hydrogens is 397 g/mol. The standard InChI is InChI=1S/C19H20Cl3NO3/c1-12(16(20)17(21)22)26-19(25)15-10-6-5-9-14(15)18(24)23-11-13-7-3-2-4-8-13/h2-8,12,14-15H,9-11H2,1H3,(H,23,24)/t12-,14-,15-/m1/s1. The second kappa shape index (κ2) is 10.0. The first kappa shape index (κ1) is 20.8. The molecule has 2 rings (SSSR count). The van der Waals surface area contributed by atoms with Gasteiger partial charge in [-0.25, -0.2) is 0 Å². The summed E-state index contributed by atoms with van der Waals surface area (Å²) >= 11 is 17.1. The summed E-state index contributed by atoms with van der Waals surface area (Å²) in [6.45, 7) is 1.99. The lowest BCUT2D eigenvalue weighted by Gasteiger charge is -2.27. The van der Waals surface area contributed by atoms with Gasteiger partial charge in [-0.05, 0) is 25.3 Å². The molecule has 1 aromatic rings. The van der Waals surface area contributed by atoms with E-state index in [4.69, 9.17) is 39.5 Å². The Morgan fingerprint density at radius 2 is 1.73 bits per heavy atom. The van der Waals surface area contributed by atoms with E-state index >= 15 is 0 Å². The number of hydrogen-bond donors (Lipinski definition) is 1. The van der Waals surface area contributed by atoms with Crippen molar-refractivity contribution in [3.05, 3.63) is 57.6 Å². The van der Waals surface area contributed by atoms with Gasteiger partial charge in [-0.1, -0.05) is 77.3 Å². The first-order chi connectivity index (χ1) is 12.4. The van der Waals surface area contributed by atoms with Crippen LogP contribution in [-0.4, -0.2) is 18.0 Å². The van der Waals surface area contributed by atoms with Gasteiger partial charge in [0.2, 0.25) is 5.91 Å². The smallest absolute Gasteiger partial charge is 0.310 e. The lowest BCUT2D eigenvalue weighted by Crippen LogP contribution is -2.39. The van der Waals surface area contributed by atoms with Gasteiger partial charge in [0.05, 0.1) is 16.9 Å². The highest BCUT2D eigenvalue weighted by Gasteiger charge is 2.36. The summed E-state index contributed by atoms with van der Waals surface area (Å²) in [5, 5.41) is 2.94. The van der Waals surface area contributed by atoms with Crippen molar-refractivity contribution in [3.63, 3.8) is 0 Å². The maximum absolute atomic E-state index is 12.6. The first-order valence-electron chi connectivity index (χ1n) is 8.28. The van der Waals surface area contributed by atoms with E-state index in [1.807, 2.05) is 42.5 Å². The quantitative estimate of drug-likeness (QED) is 0.540. The molecule has 0 saturated carbocycles. The van der Waals surface area contributed by atoms with Crippen LogP contribution in [0, 0.1) is 11.8 Å². The number of halogens is 3. The number of carbonyl (C=O) groups excluding carboxylic acids is 2. The maximum Gasteiger partial charge on any atom is 0.310 e. The number of hydrogen-bond acceptors (Lipinski definition) is 3. The van der Waals surface area contributed by atoms with Gasteiger partial charge >= 0.3 is 5.97 Å². The predicted molar refractivity (Wildman–Crippen MR) is 104 cm³/mol. The molecule has 0 aliphatic heterocycles. The summed E-state index contributed by atoms with van der Waals surface area (Å²) in [5.74, 6) is -1.73. The monoisotopic (exact) mass is 415 g/mol. The molecule has 3 atom stereocenters. The minimum atomic E-state index is -0.770. The van der Waals surface area contributed by atoms with Crippen molar-refractivity contribution in [2.45, 2.75) is 32.4 Å². The summed E-state index contributed by atoms with van der Waals surface area (Å²) < 4.78 is 5.20. The van der Waals surface area contributed by atoms with E-state index in [-0.39, 0.29) is 15.4 Å². The van der Waals surface area contributed by atoms with Gasteiger partial charge in [-0.3, -0.25) is 9.59 Å². The molecule has 0 unspecified atom stereocenters. The molecule has 140 valence electrons. The highest BCUT2D eigenvalue weighted by Crippen LogP contribution is 2.29. The molecule has 1 amide bonds. The third-order valence-corrected chi connectivity index (χ3v) is 5.31. The maximum atomic E-state index is 12.6. The second-order valence-electron chi connectivity index (χ2n) is 6.05. The van der Waals surface area contributed by atoms with Gasteiger partial charge in [0.15, 0.2) is 0 Å². The van der Waals surface area contributed by atoms with Crippen LogP contribution in [0.4, 0.5) is 0 Å². The molecule has 1 N–H and O–H groups in total. The molecule has 0 aromatic heterocycles. The van der Waals surface area contributed by atoms with E-state index in [9.17, 15) is 9.59 Å². The van der Waals surface area contributed by atoms with Gasteiger partial charge in [0.25, 0.3) is 0 Å². The van der Waals surface area contributed by atoms with Gasteiger partial charge in [-0.15, -0.1) is 0 Å². The average molecular weight is 417 g/mol. The molecule has 0 bridgehead atoms. The van der Waals surface area contributed by atoms with Crippen molar-refractivity contribution in [1.82, 2.24) is 5.32 Å². The predicted octanol–water partition coefficient (Wildman–Crippen LogP) is 4.70. The average Bonchev–Trinajstić information content (AvgIpc) is 2.66. The zero-order chi connectivity index (χ0) is 19.1. The Balaban J connectivity index is 2.00. The molecule has 7 heteroatoms. The zero-order valence-corrected chi connectivity index (χ0v) is 16.5.